The Kier molecular flexibility index (Phi) is 4.49. The molecule has 2 aromatic rings. The Morgan fingerprint density at radius 1 is 1.04 bits per heavy atom. The first kappa shape index (κ1) is 16.8. The number of nitrogens with one attached hydrogen (secondary N) is 1. The van der Waals surface area contributed by atoms with Gasteiger partial charge in [-0.1, -0.05) is 12.1 Å². The Morgan fingerprint density at radius 3 is 2.46 bits per heavy atom. The number of hydrogen-bond acceptors (Lipinski definition) is 5. The minimum atomic E-state index is -0.0314. The monoisotopic (exact) mass is 351 g/mol. The van der Waals surface area contributed by atoms with Crippen LogP contribution in [0.3, 0.4) is 0 Å². The van der Waals surface area contributed by atoms with Crippen molar-refractivity contribution in [3.05, 3.63) is 47.2 Å². The molecule has 4 rings (SSSR count). The summed E-state index contributed by atoms with van der Waals surface area (Å²) in [5, 5.41) is 11.5. The Labute approximate surface area is 154 Å². The molecule has 1 saturated carbocycles. The fraction of sp³-hybridized carbons (Fsp3) is 0.450. The maximum Gasteiger partial charge on any atom is 0.274 e. The molecule has 0 spiro atoms. The van der Waals surface area contributed by atoms with Gasteiger partial charge in [0.15, 0.2) is 5.69 Å². The van der Waals surface area contributed by atoms with E-state index in [0.29, 0.717) is 24.8 Å². The lowest BCUT2D eigenvalue weighted by molar-refractivity contribution is 0.0739. The van der Waals surface area contributed by atoms with E-state index in [0.717, 1.165) is 18.9 Å². The van der Waals surface area contributed by atoms with Crippen LogP contribution in [0.1, 0.15) is 34.5 Å². The van der Waals surface area contributed by atoms with Crippen LogP contribution in [-0.2, 0) is 0 Å². The van der Waals surface area contributed by atoms with E-state index in [2.05, 4.69) is 52.5 Å². The molecule has 26 heavy (non-hydrogen) atoms. The molecule has 2 fully saturated rings. The first-order valence-corrected chi connectivity index (χ1v) is 9.32. The Bertz CT molecular complexity index is 792. The molecule has 0 unspecified atom stereocenters. The summed E-state index contributed by atoms with van der Waals surface area (Å²) in [5.74, 6) is 0.722. The van der Waals surface area contributed by atoms with Crippen molar-refractivity contribution in [2.24, 2.45) is 0 Å². The summed E-state index contributed by atoms with van der Waals surface area (Å²) in [6, 6.07) is 10.6. The van der Waals surface area contributed by atoms with Crippen LogP contribution < -0.4 is 10.2 Å². The summed E-state index contributed by atoms with van der Waals surface area (Å²) in [4.78, 5) is 16.9. The SMILES string of the molecule is Cc1cccc(N2CCN(C(=O)c3ccc(NC4CC4)nn3)CC2)c1C. The van der Waals surface area contributed by atoms with Crippen molar-refractivity contribution >= 4 is 17.4 Å². The van der Waals surface area contributed by atoms with E-state index in [1.807, 2.05) is 11.0 Å². The number of nitrogens with zero attached hydrogens (tertiary/aromatic N) is 4. The van der Waals surface area contributed by atoms with Gasteiger partial charge in [0.05, 0.1) is 0 Å². The maximum atomic E-state index is 12.7. The lowest BCUT2D eigenvalue weighted by atomic mass is 10.1. The normalized spacial score (nSPS) is 17.3. The van der Waals surface area contributed by atoms with E-state index in [-0.39, 0.29) is 5.91 Å². The number of aryl methyl sites for hydroxylation is 1. The predicted octanol–water partition coefficient (Wildman–Crippen LogP) is 2.63. The molecule has 0 bridgehead atoms. The molecule has 2 heterocycles. The topological polar surface area (TPSA) is 61.4 Å². The first-order valence-electron chi connectivity index (χ1n) is 9.32. The zero-order chi connectivity index (χ0) is 18.1. The van der Waals surface area contributed by atoms with Gasteiger partial charge in [-0.05, 0) is 56.0 Å². The number of carbonyl (C=O) groups excluding carboxylic acids is 1. The van der Waals surface area contributed by atoms with Crippen LogP contribution in [-0.4, -0.2) is 53.2 Å². The molecule has 136 valence electrons. The summed E-state index contributed by atoms with van der Waals surface area (Å²) in [7, 11) is 0. The number of hydrogen-bond donors (Lipinski definition) is 1. The van der Waals surface area contributed by atoms with Crippen LogP contribution in [0, 0.1) is 13.8 Å². The molecule has 6 nitrogen and oxygen atoms in total. The van der Waals surface area contributed by atoms with Gasteiger partial charge in [0.2, 0.25) is 0 Å². The van der Waals surface area contributed by atoms with Gasteiger partial charge in [-0.25, -0.2) is 0 Å². The van der Waals surface area contributed by atoms with Crippen molar-refractivity contribution in [1.29, 1.82) is 0 Å². The number of amides is 1. The molecule has 0 radical (unpaired) electrons. The van der Waals surface area contributed by atoms with Gasteiger partial charge in [-0.2, -0.15) is 0 Å². The fourth-order valence-electron chi connectivity index (χ4n) is 3.35. The quantitative estimate of drug-likeness (QED) is 0.917. The lowest BCUT2D eigenvalue weighted by Crippen LogP contribution is -2.49. The molecule has 1 aromatic carbocycles. The van der Waals surface area contributed by atoms with Crippen LogP contribution in [0.25, 0.3) is 0 Å². The van der Waals surface area contributed by atoms with Crippen LogP contribution >= 0.6 is 0 Å². The van der Waals surface area contributed by atoms with E-state index in [1.165, 1.54) is 29.7 Å². The van der Waals surface area contributed by atoms with Gasteiger partial charge in [-0.15, -0.1) is 10.2 Å². The second-order valence-electron chi connectivity index (χ2n) is 7.22. The van der Waals surface area contributed by atoms with Crippen LogP contribution in [0.5, 0.6) is 0 Å². The van der Waals surface area contributed by atoms with Crippen molar-refractivity contribution in [2.45, 2.75) is 32.7 Å². The average Bonchev–Trinajstić information content (AvgIpc) is 3.48. The average molecular weight is 351 g/mol. The first-order chi connectivity index (χ1) is 12.6. The van der Waals surface area contributed by atoms with E-state index < -0.39 is 0 Å². The number of anilines is 2. The number of rotatable bonds is 4. The highest BCUT2D eigenvalue weighted by Crippen LogP contribution is 2.25. The Hall–Kier alpha value is -2.63. The number of aromatic nitrogens is 2. The van der Waals surface area contributed by atoms with Gasteiger partial charge in [-0.3, -0.25) is 4.79 Å². The third-order valence-electron chi connectivity index (χ3n) is 5.30. The minimum absolute atomic E-state index is 0.0314. The molecule has 0 atom stereocenters. The standard InChI is InChI=1S/C20H25N5O/c1-14-4-3-5-18(15(14)2)24-10-12-25(13-11-24)20(26)17-8-9-19(23-22-17)21-16-6-7-16/h3-5,8-9,16H,6-7,10-13H2,1-2H3,(H,21,23). The second-order valence-corrected chi connectivity index (χ2v) is 7.22. The number of carbonyl (C=O) groups is 1. The molecule has 1 aromatic heterocycles. The molecular weight excluding hydrogens is 326 g/mol. The van der Waals surface area contributed by atoms with Crippen LogP contribution in [0.15, 0.2) is 30.3 Å². The molecule has 1 N–H and O–H groups in total. The highest BCUT2D eigenvalue weighted by Gasteiger charge is 2.25. The van der Waals surface area contributed by atoms with Crippen LogP contribution in [0.4, 0.5) is 11.5 Å². The maximum absolute atomic E-state index is 12.7. The van der Waals surface area contributed by atoms with Crippen molar-refractivity contribution in [2.75, 3.05) is 36.4 Å². The van der Waals surface area contributed by atoms with Crippen molar-refractivity contribution < 1.29 is 4.79 Å². The van der Waals surface area contributed by atoms with Gasteiger partial charge in [0.1, 0.15) is 5.82 Å². The molecule has 1 amide bonds. The van der Waals surface area contributed by atoms with Gasteiger partial charge >= 0.3 is 0 Å². The zero-order valence-corrected chi connectivity index (χ0v) is 15.4. The number of piperazine rings is 1. The summed E-state index contributed by atoms with van der Waals surface area (Å²) < 4.78 is 0. The molecule has 1 aliphatic heterocycles. The van der Waals surface area contributed by atoms with Crippen molar-refractivity contribution in [1.82, 2.24) is 15.1 Å². The Morgan fingerprint density at radius 2 is 1.81 bits per heavy atom. The summed E-state index contributed by atoms with van der Waals surface area (Å²) >= 11 is 0. The lowest BCUT2D eigenvalue weighted by Gasteiger charge is -2.36. The second kappa shape index (κ2) is 6.94. The van der Waals surface area contributed by atoms with E-state index in [9.17, 15) is 4.79 Å². The third-order valence-corrected chi connectivity index (χ3v) is 5.30. The highest BCUT2D eigenvalue weighted by molar-refractivity contribution is 5.92. The van der Waals surface area contributed by atoms with E-state index >= 15 is 0 Å². The molecule has 1 saturated heterocycles. The van der Waals surface area contributed by atoms with E-state index in [4.69, 9.17) is 0 Å². The van der Waals surface area contributed by atoms with Crippen molar-refractivity contribution in [3.8, 4) is 0 Å². The third kappa shape index (κ3) is 3.49. The highest BCUT2D eigenvalue weighted by atomic mass is 16.2. The van der Waals surface area contributed by atoms with Crippen molar-refractivity contribution in [3.63, 3.8) is 0 Å². The molecule has 1 aliphatic carbocycles. The minimum Gasteiger partial charge on any atom is -0.368 e. The zero-order valence-electron chi connectivity index (χ0n) is 15.4. The fourth-order valence-corrected chi connectivity index (χ4v) is 3.35. The van der Waals surface area contributed by atoms with E-state index in [1.54, 1.807) is 6.07 Å². The van der Waals surface area contributed by atoms with Gasteiger partial charge in [0.25, 0.3) is 5.91 Å². The molecule has 2 aliphatic rings. The van der Waals surface area contributed by atoms with Crippen LogP contribution in [0.2, 0.25) is 0 Å². The van der Waals surface area contributed by atoms with Gasteiger partial charge < -0.3 is 15.1 Å². The molecule has 6 heteroatoms. The van der Waals surface area contributed by atoms with Gasteiger partial charge in [0, 0.05) is 37.9 Å². The number of benzene rings is 1. The predicted molar refractivity (Wildman–Crippen MR) is 103 cm³/mol. The summed E-state index contributed by atoms with van der Waals surface area (Å²) in [6.07, 6.45) is 2.38. The summed E-state index contributed by atoms with van der Waals surface area (Å²) in [5.41, 5.74) is 4.31. The Balaban J connectivity index is 1.37. The molecular formula is C20H25N5O. The summed E-state index contributed by atoms with van der Waals surface area (Å²) in [6.45, 7) is 7.38. The smallest absolute Gasteiger partial charge is 0.274 e. The largest absolute Gasteiger partial charge is 0.368 e.